The maximum atomic E-state index is 11.4. The molecule has 0 saturated carbocycles. The van der Waals surface area contributed by atoms with Crippen LogP contribution >= 0.6 is 0 Å². The maximum absolute atomic E-state index is 11.4. The summed E-state index contributed by atoms with van der Waals surface area (Å²) in [6.07, 6.45) is 1.17. The minimum atomic E-state index is -3.17. The summed E-state index contributed by atoms with van der Waals surface area (Å²) in [6, 6.07) is 7.23. The molecule has 0 aliphatic heterocycles. The summed E-state index contributed by atoms with van der Waals surface area (Å²) in [7, 11) is -1.60. The number of hydrogen-bond donors (Lipinski definition) is 2. The van der Waals surface area contributed by atoms with Crippen LogP contribution in [0.4, 0.5) is 5.82 Å². The van der Waals surface area contributed by atoms with Crippen LogP contribution in [0.1, 0.15) is 5.69 Å². The van der Waals surface area contributed by atoms with Crippen molar-refractivity contribution in [2.45, 2.75) is 5.75 Å². The van der Waals surface area contributed by atoms with Gasteiger partial charge in [-0.15, -0.1) is 0 Å². The van der Waals surface area contributed by atoms with Crippen molar-refractivity contribution in [1.29, 1.82) is 0 Å². The maximum Gasteiger partial charge on any atom is 0.153 e. The number of rotatable bonds is 4. The lowest BCUT2D eigenvalue weighted by molar-refractivity contribution is 0.415. The Morgan fingerprint density at radius 3 is 2.79 bits per heavy atom. The van der Waals surface area contributed by atoms with Crippen LogP contribution in [0.25, 0.3) is 11.1 Å². The number of aromatic amines is 1. The molecule has 102 valence electrons. The van der Waals surface area contributed by atoms with Gasteiger partial charge in [-0.2, -0.15) is 5.10 Å². The highest BCUT2D eigenvalue weighted by Crippen LogP contribution is 2.31. The molecule has 0 unspecified atom stereocenters. The highest BCUT2D eigenvalue weighted by Gasteiger charge is 2.17. The van der Waals surface area contributed by atoms with E-state index in [9.17, 15) is 8.42 Å². The number of nitrogens with two attached hydrogens (primary N) is 1. The number of sulfone groups is 1. The zero-order valence-corrected chi connectivity index (χ0v) is 11.5. The van der Waals surface area contributed by atoms with Crippen molar-refractivity contribution in [3.63, 3.8) is 0 Å². The minimum absolute atomic E-state index is 0.135. The predicted molar refractivity (Wildman–Crippen MR) is 73.5 cm³/mol. The Labute approximate surface area is 111 Å². The van der Waals surface area contributed by atoms with E-state index in [4.69, 9.17) is 10.5 Å². The lowest BCUT2D eigenvalue weighted by Gasteiger charge is -2.06. The SMILES string of the molecule is COc1cccc(-c2c(N)n[nH]c2CS(C)(=O)=O)c1. The van der Waals surface area contributed by atoms with Crippen LogP contribution in [0.15, 0.2) is 24.3 Å². The van der Waals surface area contributed by atoms with E-state index in [1.807, 2.05) is 12.1 Å². The number of ether oxygens (including phenoxy) is 1. The summed E-state index contributed by atoms with van der Waals surface area (Å²) in [5, 5.41) is 6.55. The van der Waals surface area contributed by atoms with Gasteiger partial charge in [-0.05, 0) is 17.7 Å². The van der Waals surface area contributed by atoms with E-state index in [1.54, 1.807) is 19.2 Å². The fraction of sp³-hybridized carbons (Fsp3) is 0.250. The highest BCUT2D eigenvalue weighted by atomic mass is 32.2. The molecule has 0 aliphatic carbocycles. The summed E-state index contributed by atoms with van der Waals surface area (Å²) in [5.74, 6) is 0.805. The van der Waals surface area contributed by atoms with Crippen LogP contribution in [0.2, 0.25) is 0 Å². The third-order valence-corrected chi connectivity index (χ3v) is 3.45. The molecule has 2 rings (SSSR count). The second-order valence-electron chi connectivity index (χ2n) is 4.26. The molecule has 3 N–H and O–H groups in total. The standard InChI is InChI=1S/C12H15N3O3S/c1-18-9-5-3-4-8(6-9)11-10(7-19(2,16)17)14-15-12(11)13/h3-6H,7H2,1-2H3,(H3,13,14,15). The number of benzene rings is 1. The minimum Gasteiger partial charge on any atom is -0.497 e. The van der Waals surface area contributed by atoms with Crippen LogP contribution in [0.3, 0.4) is 0 Å². The van der Waals surface area contributed by atoms with Gasteiger partial charge in [-0.1, -0.05) is 12.1 Å². The van der Waals surface area contributed by atoms with Gasteiger partial charge < -0.3 is 10.5 Å². The molecule has 0 aliphatic rings. The van der Waals surface area contributed by atoms with Crippen molar-refractivity contribution >= 4 is 15.7 Å². The van der Waals surface area contributed by atoms with Crippen molar-refractivity contribution in [2.24, 2.45) is 0 Å². The number of H-pyrrole nitrogens is 1. The van der Waals surface area contributed by atoms with Crippen molar-refractivity contribution in [2.75, 3.05) is 19.1 Å². The first-order valence-electron chi connectivity index (χ1n) is 5.55. The Bertz CT molecular complexity index is 692. The Kier molecular flexibility index (Phi) is 3.48. The number of hydrogen-bond acceptors (Lipinski definition) is 5. The highest BCUT2D eigenvalue weighted by molar-refractivity contribution is 7.89. The van der Waals surface area contributed by atoms with Gasteiger partial charge in [0.25, 0.3) is 0 Å². The van der Waals surface area contributed by atoms with E-state index < -0.39 is 9.84 Å². The van der Waals surface area contributed by atoms with E-state index in [2.05, 4.69) is 10.2 Å². The molecule has 0 radical (unpaired) electrons. The Hall–Kier alpha value is -2.02. The van der Waals surface area contributed by atoms with E-state index >= 15 is 0 Å². The number of aromatic nitrogens is 2. The van der Waals surface area contributed by atoms with Crippen molar-refractivity contribution < 1.29 is 13.2 Å². The molecule has 6 nitrogen and oxygen atoms in total. The monoisotopic (exact) mass is 281 g/mol. The first-order chi connectivity index (χ1) is 8.90. The molecular weight excluding hydrogens is 266 g/mol. The van der Waals surface area contributed by atoms with Crippen molar-refractivity contribution in [1.82, 2.24) is 10.2 Å². The smallest absolute Gasteiger partial charge is 0.153 e. The van der Waals surface area contributed by atoms with Crippen LogP contribution in [-0.4, -0.2) is 32.0 Å². The second-order valence-corrected chi connectivity index (χ2v) is 6.40. The van der Waals surface area contributed by atoms with E-state index in [0.29, 0.717) is 17.0 Å². The molecule has 19 heavy (non-hydrogen) atoms. The molecule has 0 spiro atoms. The van der Waals surface area contributed by atoms with Gasteiger partial charge in [0.1, 0.15) is 5.75 Å². The van der Waals surface area contributed by atoms with E-state index in [0.717, 1.165) is 5.56 Å². The van der Waals surface area contributed by atoms with Gasteiger partial charge in [0.15, 0.2) is 15.7 Å². The predicted octanol–water partition coefficient (Wildman–Crippen LogP) is 1.21. The molecule has 0 saturated heterocycles. The molecule has 0 atom stereocenters. The van der Waals surface area contributed by atoms with Crippen LogP contribution in [0.5, 0.6) is 5.75 Å². The van der Waals surface area contributed by atoms with Gasteiger partial charge in [-0.25, -0.2) is 8.42 Å². The van der Waals surface area contributed by atoms with E-state index in [-0.39, 0.29) is 11.6 Å². The molecule has 0 fully saturated rings. The molecule has 1 aromatic carbocycles. The number of nitrogens with zero attached hydrogens (tertiary/aromatic N) is 1. The molecule has 0 amide bonds. The normalized spacial score (nSPS) is 11.5. The molecular formula is C12H15N3O3S. The molecule has 1 heterocycles. The largest absolute Gasteiger partial charge is 0.497 e. The number of nitrogens with one attached hydrogen (secondary N) is 1. The third kappa shape index (κ3) is 3.05. The molecule has 1 aromatic heterocycles. The Morgan fingerprint density at radius 2 is 2.16 bits per heavy atom. The van der Waals surface area contributed by atoms with Gasteiger partial charge in [-0.3, -0.25) is 5.10 Å². The van der Waals surface area contributed by atoms with Crippen LogP contribution < -0.4 is 10.5 Å². The van der Waals surface area contributed by atoms with Crippen LogP contribution in [0, 0.1) is 0 Å². The fourth-order valence-electron chi connectivity index (χ4n) is 1.86. The molecule has 7 heteroatoms. The first-order valence-corrected chi connectivity index (χ1v) is 7.61. The number of methoxy groups -OCH3 is 1. The number of anilines is 1. The zero-order valence-electron chi connectivity index (χ0n) is 10.7. The van der Waals surface area contributed by atoms with Crippen molar-refractivity contribution in [3.05, 3.63) is 30.0 Å². The Morgan fingerprint density at radius 1 is 1.42 bits per heavy atom. The van der Waals surface area contributed by atoms with E-state index in [1.165, 1.54) is 6.26 Å². The van der Waals surface area contributed by atoms with Crippen molar-refractivity contribution in [3.8, 4) is 16.9 Å². The topological polar surface area (TPSA) is 98.1 Å². The van der Waals surface area contributed by atoms with Gasteiger partial charge in [0, 0.05) is 11.8 Å². The molecule has 0 bridgehead atoms. The first kappa shape index (κ1) is 13.4. The van der Waals surface area contributed by atoms with Crippen LogP contribution in [-0.2, 0) is 15.6 Å². The average molecular weight is 281 g/mol. The second kappa shape index (κ2) is 4.93. The average Bonchev–Trinajstić information content (AvgIpc) is 2.68. The quantitative estimate of drug-likeness (QED) is 0.877. The summed E-state index contributed by atoms with van der Waals surface area (Å²) < 4.78 is 28.0. The van der Waals surface area contributed by atoms with Gasteiger partial charge in [0.05, 0.1) is 18.6 Å². The Balaban J connectivity index is 2.52. The summed E-state index contributed by atoms with van der Waals surface area (Å²) >= 11 is 0. The summed E-state index contributed by atoms with van der Waals surface area (Å²) in [4.78, 5) is 0. The summed E-state index contributed by atoms with van der Waals surface area (Å²) in [5.41, 5.74) is 7.65. The lowest BCUT2D eigenvalue weighted by atomic mass is 10.1. The third-order valence-electron chi connectivity index (χ3n) is 2.63. The lowest BCUT2D eigenvalue weighted by Crippen LogP contribution is -2.02. The van der Waals surface area contributed by atoms with Gasteiger partial charge in [0.2, 0.25) is 0 Å². The molecule has 2 aromatic rings. The van der Waals surface area contributed by atoms with Gasteiger partial charge >= 0.3 is 0 Å². The number of nitrogen functional groups attached to an aromatic ring is 1. The zero-order chi connectivity index (χ0) is 14.0. The summed E-state index contributed by atoms with van der Waals surface area (Å²) in [6.45, 7) is 0. The fourth-order valence-corrected chi connectivity index (χ4v) is 2.59.